The summed E-state index contributed by atoms with van der Waals surface area (Å²) >= 11 is 0. The zero-order valence-electron chi connectivity index (χ0n) is 18.4. The molecule has 0 unspecified atom stereocenters. The van der Waals surface area contributed by atoms with Gasteiger partial charge in [0.05, 0.1) is 5.52 Å². The molecule has 1 aromatic heterocycles. The first kappa shape index (κ1) is 20.5. The molecule has 0 aliphatic carbocycles. The van der Waals surface area contributed by atoms with Crippen LogP contribution < -0.4 is 4.18 Å². The number of nitrogens with one attached hydrogen (secondary N) is 1. The van der Waals surface area contributed by atoms with Gasteiger partial charge in [-0.3, -0.25) is 0 Å². The van der Waals surface area contributed by atoms with Crippen LogP contribution in [0.3, 0.4) is 0 Å². The van der Waals surface area contributed by atoms with Crippen molar-refractivity contribution < 1.29 is 12.6 Å². The zero-order valence-corrected chi connectivity index (χ0v) is 19.3. The monoisotopic (exact) mass is 463 g/mol. The van der Waals surface area contributed by atoms with Crippen molar-refractivity contribution in [3.63, 3.8) is 0 Å². The highest BCUT2D eigenvalue weighted by Gasteiger charge is 2.25. The minimum absolute atomic E-state index is 0.124. The van der Waals surface area contributed by atoms with Crippen LogP contribution in [0.1, 0.15) is 5.56 Å². The molecule has 0 fully saturated rings. The maximum atomic E-state index is 13.3. The molecule has 6 aromatic rings. The molecule has 1 heterocycles. The molecule has 5 heteroatoms. The number of fused-ring (bicyclic) bond motifs is 4. The van der Waals surface area contributed by atoms with Gasteiger partial charge in [0.25, 0.3) is 0 Å². The Balaban J connectivity index is 1.73. The van der Waals surface area contributed by atoms with Crippen LogP contribution in [0.15, 0.2) is 108 Å². The van der Waals surface area contributed by atoms with E-state index in [-0.39, 0.29) is 4.90 Å². The molecule has 0 aliphatic heterocycles. The van der Waals surface area contributed by atoms with Crippen LogP contribution in [0.5, 0.6) is 5.75 Å². The molecule has 0 bridgehead atoms. The number of benzene rings is 5. The lowest BCUT2D eigenvalue weighted by molar-refractivity contribution is 0.491. The maximum Gasteiger partial charge on any atom is 0.339 e. The number of aromatic nitrogens is 1. The van der Waals surface area contributed by atoms with E-state index in [4.69, 9.17) is 4.18 Å². The lowest BCUT2D eigenvalue weighted by Gasteiger charge is -2.15. The third-order valence-corrected chi connectivity index (χ3v) is 7.42. The van der Waals surface area contributed by atoms with E-state index < -0.39 is 10.1 Å². The van der Waals surface area contributed by atoms with E-state index >= 15 is 0 Å². The molecule has 34 heavy (non-hydrogen) atoms. The lowest BCUT2D eigenvalue weighted by Crippen LogP contribution is -2.10. The predicted octanol–water partition coefficient (Wildman–Crippen LogP) is 7.22. The first-order chi connectivity index (χ1) is 16.5. The molecular weight excluding hydrogens is 442 g/mol. The Kier molecular flexibility index (Phi) is 4.67. The van der Waals surface area contributed by atoms with Crippen molar-refractivity contribution in [3.05, 3.63) is 109 Å². The van der Waals surface area contributed by atoms with Gasteiger partial charge >= 0.3 is 10.1 Å². The number of H-pyrrole nitrogens is 1. The summed E-state index contributed by atoms with van der Waals surface area (Å²) in [5, 5.41) is 3.62. The molecule has 5 aromatic carbocycles. The third kappa shape index (κ3) is 3.25. The van der Waals surface area contributed by atoms with Gasteiger partial charge in [-0.25, -0.2) is 0 Å². The summed E-state index contributed by atoms with van der Waals surface area (Å²) in [4.78, 5) is 3.57. The molecule has 6 rings (SSSR count). The zero-order chi connectivity index (χ0) is 23.3. The Hall–Kier alpha value is -4.09. The maximum absolute atomic E-state index is 13.3. The average Bonchev–Trinajstić information content (AvgIpc) is 3.24. The fourth-order valence-corrected chi connectivity index (χ4v) is 5.55. The van der Waals surface area contributed by atoms with E-state index in [2.05, 4.69) is 17.1 Å². The van der Waals surface area contributed by atoms with Crippen molar-refractivity contribution in [3.8, 4) is 16.9 Å². The van der Waals surface area contributed by atoms with Gasteiger partial charge in [-0.05, 0) is 41.6 Å². The second kappa shape index (κ2) is 7.75. The fourth-order valence-electron chi connectivity index (χ4n) is 4.59. The molecule has 0 spiro atoms. The molecule has 4 nitrogen and oxygen atoms in total. The average molecular weight is 464 g/mol. The summed E-state index contributed by atoms with van der Waals surface area (Å²) in [6.07, 6.45) is 0. The van der Waals surface area contributed by atoms with Crippen molar-refractivity contribution in [1.29, 1.82) is 0 Å². The molecule has 166 valence electrons. The molecule has 0 amide bonds. The van der Waals surface area contributed by atoms with E-state index in [9.17, 15) is 8.42 Å². The molecule has 0 radical (unpaired) electrons. The Bertz CT molecular complexity index is 1790. The summed E-state index contributed by atoms with van der Waals surface area (Å²) in [6, 6.07) is 32.6. The van der Waals surface area contributed by atoms with Crippen LogP contribution in [-0.2, 0) is 10.1 Å². The molecular formula is C29H21NO3S. The van der Waals surface area contributed by atoms with Crippen LogP contribution in [0, 0.1) is 6.92 Å². The minimum Gasteiger partial charge on any atom is -0.376 e. The largest absolute Gasteiger partial charge is 0.376 e. The normalized spacial score (nSPS) is 11.9. The third-order valence-electron chi connectivity index (χ3n) is 6.19. The van der Waals surface area contributed by atoms with Crippen LogP contribution in [0.25, 0.3) is 43.7 Å². The van der Waals surface area contributed by atoms with Gasteiger partial charge in [-0.1, -0.05) is 90.5 Å². The fraction of sp³-hybridized carbons (Fsp3) is 0.0345. The lowest BCUT2D eigenvalue weighted by atomic mass is 9.92. The standard InChI is InChI=1S/C29H21NO3S/c1-19-15-17-21(18-16-19)34(31,32)33-29-23-12-6-5-11-22(23)26(20-9-3-2-4-10-20)27-24-13-7-8-14-25(24)30-28(27)29/h2-18,30H,1H3. The van der Waals surface area contributed by atoms with Crippen LogP contribution >= 0.6 is 0 Å². The van der Waals surface area contributed by atoms with Crippen molar-refractivity contribution in [1.82, 2.24) is 4.98 Å². The first-order valence-corrected chi connectivity index (χ1v) is 12.5. The highest BCUT2D eigenvalue weighted by molar-refractivity contribution is 7.87. The van der Waals surface area contributed by atoms with Crippen molar-refractivity contribution in [2.75, 3.05) is 0 Å². The van der Waals surface area contributed by atoms with Gasteiger partial charge in [-0.15, -0.1) is 0 Å². The van der Waals surface area contributed by atoms with Gasteiger partial charge < -0.3 is 9.17 Å². The van der Waals surface area contributed by atoms with Gasteiger partial charge in [0, 0.05) is 21.7 Å². The number of aryl methyl sites for hydroxylation is 1. The molecule has 0 aliphatic rings. The van der Waals surface area contributed by atoms with Crippen molar-refractivity contribution in [2.45, 2.75) is 11.8 Å². The summed E-state index contributed by atoms with van der Waals surface area (Å²) in [5.74, 6) is 0.307. The number of hydrogen-bond acceptors (Lipinski definition) is 3. The van der Waals surface area contributed by atoms with Gasteiger partial charge in [0.2, 0.25) is 0 Å². The van der Waals surface area contributed by atoms with Crippen LogP contribution in [0.4, 0.5) is 0 Å². The molecule has 0 atom stereocenters. The Morgan fingerprint density at radius 1 is 0.676 bits per heavy atom. The minimum atomic E-state index is -4.05. The van der Waals surface area contributed by atoms with E-state index in [1.165, 1.54) is 0 Å². The van der Waals surface area contributed by atoms with E-state index in [0.29, 0.717) is 11.3 Å². The van der Waals surface area contributed by atoms with Crippen LogP contribution in [-0.4, -0.2) is 13.4 Å². The molecule has 0 saturated heterocycles. The first-order valence-electron chi connectivity index (χ1n) is 11.0. The van der Waals surface area contributed by atoms with E-state index in [1.54, 1.807) is 24.3 Å². The van der Waals surface area contributed by atoms with E-state index in [0.717, 1.165) is 43.8 Å². The van der Waals surface area contributed by atoms with Gasteiger partial charge in [-0.2, -0.15) is 8.42 Å². The summed E-state index contributed by atoms with van der Waals surface area (Å²) in [5.41, 5.74) is 4.66. The quantitative estimate of drug-likeness (QED) is 0.281. The van der Waals surface area contributed by atoms with Crippen molar-refractivity contribution in [2.24, 2.45) is 0 Å². The highest BCUT2D eigenvalue weighted by atomic mass is 32.2. The predicted molar refractivity (Wildman–Crippen MR) is 138 cm³/mol. The van der Waals surface area contributed by atoms with Gasteiger partial charge in [0.1, 0.15) is 4.90 Å². The summed E-state index contributed by atoms with van der Waals surface area (Å²) in [6.45, 7) is 1.92. The summed E-state index contributed by atoms with van der Waals surface area (Å²) in [7, 11) is -4.05. The van der Waals surface area contributed by atoms with Gasteiger partial charge in [0.15, 0.2) is 5.75 Å². The Labute approximate surface area is 197 Å². The topological polar surface area (TPSA) is 59.2 Å². The van der Waals surface area contributed by atoms with Crippen molar-refractivity contribution >= 4 is 42.7 Å². The highest BCUT2D eigenvalue weighted by Crippen LogP contribution is 2.46. The van der Waals surface area contributed by atoms with E-state index in [1.807, 2.05) is 73.7 Å². The van der Waals surface area contributed by atoms with Crippen LogP contribution in [0.2, 0.25) is 0 Å². The smallest absolute Gasteiger partial charge is 0.339 e. The number of hydrogen-bond donors (Lipinski definition) is 1. The Morgan fingerprint density at radius 3 is 2.03 bits per heavy atom. The Morgan fingerprint density at radius 2 is 1.29 bits per heavy atom. The number of para-hydroxylation sites is 1. The second-order valence-corrected chi connectivity index (χ2v) is 9.93. The SMILES string of the molecule is Cc1ccc(S(=O)(=O)Oc2c3ccccc3c(-c3ccccc3)c3c2[nH]c2ccccc23)cc1. The molecule has 1 N–H and O–H groups in total. The summed E-state index contributed by atoms with van der Waals surface area (Å²) < 4.78 is 32.6. The second-order valence-electron chi connectivity index (χ2n) is 8.39. The number of aromatic amines is 1. The number of rotatable bonds is 4. The molecule has 0 saturated carbocycles.